The van der Waals surface area contributed by atoms with E-state index in [1.165, 1.54) is 0 Å². The maximum atomic E-state index is 10.5. The van der Waals surface area contributed by atoms with Gasteiger partial charge in [0.15, 0.2) is 0 Å². The molecule has 10 heteroatoms. The summed E-state index contributed by atoms with van der Waals surface area (Å²) in [6.07, 6.45) is 0. The Bertz CT molecular complexity index is 309. The molecule has 0 fully saturated rings. The van der Waals surface area contributed by atoms with Crippen LogP contribution in [0.1, 0.15) is 0 Å². The Morgan fingerprint density at radius 2 is 0.800 bits per heavy atom. The Labute approximate surface area is 42.9 Å². The quantitative estimate of drug-likeness (QED) is 0.641. The van der Waals surface area contributed by atoms with Gasteiger partial charge >= 0.3 is 42.3 Å². The van der Waals surface area contributed by atoms with Crippen LogP contribution in [0, 0.1) is 0 Å². The number of halogens is 6. The molecular formula is H2F6O3Zr. The predicted octanol–water partition coefficient (Wildman–Crippen LogP) is 1.29. The number of rotatable bonds is 0. The number of hydrogen-bond donors (Lipinski definition) is 2. The van der Waals surface area contributed by atoms with Crippen molar-refractivity contribution in [2.24, 2.45) is 0 Å². The SMILES string of the molecule is [O]=[Zr]([OH])([OH])([F])([F])([F])([F])([F])[F]. The molecule has 0 aromatic carbocycles. The summed E-state index contributed by atoms with van der Waals surface area (Å²) in [5.74, 6) is 0. The second-order valence-corrected chi connectivity index (χ2v) is 16.7. The van der Waals surface area contributed by atoms with E-state index in [0.717, 1.165) is 0 Å². The van der Waals surface area contributed by atoms with Crippen LogP contribution in [0.3, 0.4) is 0 Å². The van der Waals surface area contributed by atoms with E-state index in [1.807, 2.05) is 0 Å². The molecule has 0 aromatic heterocycles. The van der Waals surface area contributed by atoms with Crippen molar-refractivity contribution in [3.8, 4) is 0 Å². The monoisotopic (exact) mass is 254 g/mol. The van der Waals surface area contributed by atoms with Gasteiger partial charge in [0, 0.05) is 0 Å². The van der Waals surface area contributed by atoms with Gasteiger partial charge in [0.25, 0.3) is 0 Å². The van der Waals surface area contributed by atoms with Gasteiger partial charge in [-0.15, -0.1) is 0 Å². The zero-order valence-electron chi connectivity index (χ0n) is 4.07. The third-order valence-corrected chi connectivity index (χ3v) is 0. The van der Waals surface area contributed by atoms with Gasteiger partial charge in [0.2, 0.25) is 0 Å². The molecule has 0 spiro atoms. The summed E-state index contributed by atoms with van der Waals surface area (Å²) in [7, 11) is 0. The predicted molar refractivity (Wildman–Crippen MR) is 11.8 cm³/mol. The molecule has 0 aliphatic rings. The van der Waals surface area contributed by atoms with Crippen LogP contribution in [0.4, 0.5) is 15.8 Å². The summed E-state index contributed by atoms with van der Waals surface area (Å²) in [5.41, 5.74) is 0. The molecule has 2 N–H and O–H groups in total. The summed E-state index contributed by atoms with van der Waals surface area (Å²) < 4.78 is 83.3. The zero-order valence-corrected chi connectivity index (χ0v) is 6.53. The van der Waals surface area contributed by atoms with Crippen LogP contribution < -0.4 is 0 Å². The van der Waals surface area contributed by atoms with Crippen LogP contribution in [0.2, 0.25) is 0 Å². The van der Waals surface area contributed by atoms with Crippen LogP contribution in [-0.2, 0) is 20.2 Å². The summed E-state index contributed by atoms with van der Waals surface area (Å²) in [5, 5.41) is 0. The minimum absolute atomic E-state index is 6.01. The van der Waals surface area contributed by atoms with Gasteiger partial charge in [-0.2, -0.15) is 0 Å². The minimum atomic E-state index is -16.2. The topological polar surface area (TPSA) is 57.5 Å². The zero-order chi connectivity index (χ0) is 9.33. The molecule has 0 atom stereocenters. The van der Waals surface area contributed by atoms with E-state index in [4.69, 9.17) is 9.18 Å². The first-order valence-electron chi connectivity index (χ1n) is 1.79. The van der Waals surface area contributed by atoms with Gasteiger partial charge in [0.1, 0.15) is 0 Å². The van der Waals surface area contributed by atoms with Crippen molar-refractivity contribution >= 4 is 0 Å². The Kier molecular flexibility index (Phi) is 0.478. The Morgan fingerprint density at radius 1 is 0.800 bits per heavy atom. The van der Waals surface area contributed by atoms with Crippen molar-refractivity contribution < 1.29 is 42.3 Å². The van der Waals surface area contributed by atoms with Gasteiger partial charge in [-0.05, 0) is 0 Å². The first-order valence-corrected chi connectivity index (χ1v) is 10.6. The molecule has 0 radical (unpaired) electrons. The summed E-state index contributed by atoms with van der Waals surface area (Å²) in [6, 6.07) is 0. The summed E-state index contributed by atoms with van der Waals surface area (Å²) >= 11 is -16.2. The molecular weight excluding hydrogens is 253 g/mol. The Balaban J connectivity index is 6.95. The van der Waals surface area contributed by atoms with E-state index in [9.17, 15) is 15.8 Å². The van der Waals surface area contributed by atoms with Crippen molar-refractivity contribution in [3.05, 3.63) is 0 Å². The molecule has 0 heterocycles. The van der Waals surface area contributed by atoms with Crippen LogP contribution in [0.15, 0.2) is 0 Å². The molecule has 0 rings (SSSR count). The fourth-order valence-electron chi connectivity index (χ4n) is 0. The van der Waals surface area contributed by atoms with Crippen molar-refractivity contribution in [2.75, 3.05) is 0 Å². The Hall–Kier alpha value is 0.183. The van der Waals surface area contributed by atoms with Crippen LogP contribution in [0.5, 0.6) is 0 Å². The van der Waals surface area contributed by atoms with Gasteiger partial charge < -0.3 is 0 Å². The first kappa shape index (κ1) is 10.2. The van der Waals surface area contributed by atoms with Crippen molar-refractivity contribution in [2.45, 2.75) is 0 Å². The van der Waals surface area contributed by atoms with E-state index in [-0.39, 0.29) is 0 Å². The van der Waals surface area contributed by atoms with Crippen LogP contribution in [0.25, 0.3) is 0 Å². The number of hydrogen-bond acceptors (Lipinski definition) is 1. The first-order chi connectivity index (χ1) is 3.00. The average molecular weight is 255 g/mol. The summed E-state index contributed by atoms with van der Waals surface area (Å²) in [6.45, 7) is 0. The molecule has 0 aliphatic heterocycles. The van der Waals surface area contributed by atoms with Crippen LogP contribution in [-0.4, -0.2) is 6.37 Å². The molecule has 0 bridgehead atoms. The van der Waals surface area contributed by atoms with Crippen LogP contribution >= 0.6 is 0 Å². The Morgan fingerprint density at radius 3 is 0.800 bits per heavy atom. The van der Waals surface area contributed by atoms with E-state index >= 15 is 0 Å². The van der Waals surface area contributed by atoms with Gasteiger partial charge in [0.05, 0.1) is 0 Å². The van der Waals surface area contributed by atoms with E-state index in [0.29, 0.717) is 0 Å². The van der Waals surface area contributed by atoms with Crippen molar-refractivity contribution in [1.29, 1.82) is 0 Å². The molecule has 0 saturated carbocycles. The fourth-order valence-corrected chi connectivity index (χ4v) is 0. The molecule has 66 valence electrons. The standard InChI is InChI=1S/6FH.2H2O.O.Zr/h6*1H;2*1H2;;/q;;;;;;;;;+8/p-8. The second-order valence-electron chi connectivity index (χ2n) is 2.83. The molecule has 0 aliphatic carbocycles. The van der Waals surface area contributed by atoms with E-state index < -0.39 is 17.4 Å². The molecule has 0 aromatic rings. The average Bonchev–Trinajstić information content (AvgIpc) is 0.469. The molecule has 0 amide bonds. The van der Waals surface area contributed by atoms with Crippen molar-refractivity contribution in [3.63, 3.8) is 0 Å². The molecule has 10 heavy (non-hydrogen) atoms. The maximum absolute atomic E-state index is 16.2. The van der Waals surface area contributed by atoms with E-state index in [2.05, 4.69) is 0 Å². The normalized spacial score (nSPS) is 35.0. The summed E-state index contributed by atoms with van der Waals surface area (Å²) in [4.78, 5) is 0. The molecule has 0 saturated heterocycles. The van der Waals surface area contributed by atoms with E-state index in [1.54, 1.807) is 0 Å². The van der Waals surface area contributed by atoms with Crippen molar-refractivity contribution in [1.82, 2.24) is 0 Å². The van der Waals surface area contributed by atoms with Gasteiger partial charge in [-0.3, -0.25) is 0 Å². The molecule has 0 unspecified atom stereocenters. The third kappa shape index (κ3) is 12600. The van der Waals surface area contributed by atoms with Gasteiger partial charge in [-0.25, -0.2) is 0 Å². The fraction of sp³-hybridized carbons (Fsp3) is 0. The van der Waals surface area contributed by atoms with Gasteiger partial charge in [-0.1, -0.05) is 0 Å². The molecule has 3 nitrogen and oxygen atoms in total. The third-order valence-electron chi connectivity index (χ3n) is 0. The second kappa shape index (κ2) is 0.470.